The van der Waals surface area contributed by atoms with E-state index in [1.165, 1.54) is 12.8 Å². The second kappa shape index (κ2) is 8.67. The number of nitrogens with zero attached hydrogens (tertiary/aromatic N) is 2. The number of rotatable bonds is 4. The highest BCUT2D eigenvalue weighted by Gasteiger charge is 2.28. The fourth-order valence-electron chi connectivity index (χ4n) is 3.97. The van der Waals surface area contributed by atoms with Crippen molar-refractivity contribution in [2.75, 3.05) is 39.3 Å². The summed E-state index contributed by atoms with van der Waals surface area (Å²) < 4.78 is 0. The first-order valence-corrected chi connectivity index (χ1v) is 9.89. The van der Waals surface area contributed by atoms with Crippen LogP contribution in [0.15, 0.2) is 24.3 Å². The van der Waals surface area contributed by atoms with Gasteiger partial charge >= 0.3 is 0 Å². The number of nitrogens with one attached hydrogen (secondary N) is 1. The number of amides is 2. The van der Waals surface area contributed by atoms with Crippen molar-refractivity contribution in [3.8, 4) is 0 Å². The van der Waals surface area contributed by atoms with E-state index >= 15 is 0 Å². The summed E-state index contributed by atoms with van der Waals surface area (Å²) in [7, 11) is 0. The van der Waals surface area contributed by atoms with Gasteiger partial charge in [-0.2, -0.15) is 0 Å². The number of piperazine rings is 1. The number of carbonyl (C=O) groups excluding carboxylic acids is 2. The van der Waals surface area contributed by atoms with E-state index in [2.05, 4.69) is 12.2 Å². The zero-order chi connectivity index (χ0) is 18.5. The molecule has 2 fully saturated rings. The van der Waals surface area contributed by atoms with Crippen molar-refractivity contribution in [3.63, 3.8) is 0 Å². The molecular weight excluding hydrogens is 326 g/mol. The van der Waals surface area contributed by atoms with Gasteiger partial charge in [0.15, 0.2) is 0 Å². The molecule has 2 saturated heterocycles. The minimum absolute atomic E-state index is 0.0683. The Morgan fingerprint density at radius 2 is 1.77 bits per heavy atom. The van der Waals surface area contributed by atoms with Crippen LogP contribution in [0.5, 0.6) is 0 Å². The number of aryl methyl sites for hydroxylation is 1. The highest BCUT2D eigenvalue weighted by molar-refractivity contribution is 5.94. The standard InChI is InChI=1S/C21H31N3O2/c1-16-5-7-18(8-6-16)21(26)24-12-10-23(11-13-24)20(25)14-17(2)19-4-3-9-22-15-19/h5-8,17,19,22H,3-4,9-15H2,1-2H3. The van der Waals surface area contributed by atoms with Crippen LogP contribution in [-0.4, -0.2) is 60.9 Å². The van der Waals surface area contributed by atoms with E-state index in [1.807, 2.05) is 41.0 Å². The van der Waals surface area contributed by atoms with Gasteiger partial charge in [-0.1, -0.05) is 24.6 Å². The first-order chi connectivity index (χ1) is 12.5. The molecule has 1 N–H and O–H groups in total. The van der Waals surface area contributed by atoms with Crippen molar-refractivity contribution in [2.24, 2.45) is 11.8 Å². The molecule has 3 rings (SSSR count). The Labute approximate surface area is 156 Å². The SMILES string of the molecule is Cc1ccc(C(=O)N2CCN(C(=O)CC(C)C3CCCNC3)CC2)cc1. The largest absolute Gasteiger partial charge is 0.339 e. The maximum atomic E-state index is 12.6. The van der Waals surface area contributed by atoms with Crippen LogP contribution < -0.4 is 5.32 Å². The number of carbonyl (C=O) groups is 2. The lowest BCUT2D eigenvalue weighted by Gasteiger charge is -2.36. The van der Waals surface area contributed by atoms with Gasteiger partial charge in [0, 0.05) is 38.2 Å². The van der Waals surface area contributed by atoms with Crippen molar-refractivity contribution >= 4 is 11.8 Å². The molecule has 0 spiro atoms. The van der Waals surface area contributed by atoms with Crippen LogP contribution in [0.3, 0.4) is 0 Å². The maximum absolute atomic E-state index is 12.6. The van der Waals surface area contributed by atoms with Gasteiger partial charge in [-0.15, -0.1) is 0 Å². The van der Waals surface area contributed by atoms with Crippen LogP contribution in [0.4, 0.5) is 0 Å². The van der Waals surface area contributed by atoms with Crippen LogP contribution >= 0.6 is 0 Å². The molecule has 1 aromatic carbocycles. The monoisotopic (exact) mass is 357 g/mol. The molecule has 2 amide bonds. The molecule has 2 heterocycles. The summed E-state index contributed by atoms with van der Waals surface area (Å²) in [6.45, 7) is 8.89. The summed E-state index contributed by atoms with van der Waals surface area (Å²) in [5, 5.41) is 3.44. The van der Waals surface area contributed by atoms with Gasteiger partial charge < -0.3 is 15.1 Å². The molecule has 0 aromatic heterocycles. The van der Waals surface area contributed by atoms with Crippen LogP contribution in [-0.2, 0) is 4.79 Å². The van der Waals surface area contributed by atoms with Crippen molar-refractivity contribution in [2.45, 2.75) is 33.1 Å². The Kier molecular flexibility index (Phi) is 6.30. The molecular formula is C21H31N3O2. The molecule has 2 aliphatic heterocycles. The lowest BCUT2D eigenvalue weighted by molar-refractivity contribution is -0.134. The summed E-state index contributed by atoms with van der Waals surface area (Å²) in [4.78, 5) is 29.0. The summed E-state index contributed by atoms with van der Waals surface area (Å²) in [6.07, 6.45) is 3.06. The van der Waals surface area contributed by atoms with E-state index in [-0.39, 0.29) is 11.8 Å². The summed E-state index contributed by atoms with van der Waals surface area (Å²) in [6, 6.07) is 7.70. The minimum atomic E-state index is 0.0683. The Morgan fingerprint density at radius 1 is 1.12 bits per heavy atom. The van der Waals surface area contributed by atoms with Crippen molar-refractivity contribution in [1.82, 2.24) is 15.1 Å². The molecule has 0 aliphatic carbocycles. The van der Waals surface area contributed by atoms with Crippen LogP contribution in [0.25, 0.3) is 0 Å². The van der Waals surface area contributed by atoms with E-state index in [1.54, 1.807) is 0 Å². The molecule has 26 heavy (non-hydrogen) atoms. The average molecular weight is 357 g/mol. The maximum Gasteiger partial charge on any atom is 0.253 e. The normalized spacial score (nSPS) is 22.2. The average Bonchev–Trinajstić information content (AvgIpc) is 2.69. The van der Waals surface area contributed by atoms with Gasteiger partial charge in [0.25, 0.3) is 5.91 Å². The zero-order valence-electron chi connectivity index (χ0n) is 16.0. The Hall–Kier alpha value is -1.88. The highest BCUT2D eigenvalue weighted by Crippen LogP contribution is 2.23. The van der Waals surface area contributed by atoms with E-state index in [4.69, 9.17) is 0 Å². The molecule has 1 aromatic rings. The third kappa shape index (κ3) is 4.64. The fraction of sp³-hybridized carbons (Fsp3) is 0.619. The van der Waals surface area contributed by atoms with E-state index in [9.17, 15) is 9.59 Å². The Morgan fingerprint density at radius 3 is 2.38 bits per heavy atom. The van der Waals surface area contributed by atoms with Gasteiger partial charge in [0.1, 0.15) is 0 Å². The summed E-state index contributed by atoms with van der Waals surface area (Å²) >= 11 is 0. The van der Waals surface area contributed by atoms with Crippen molar-refractivity contribution in [1.29, 1.82) is 0 Å². The summed E-state index contributed by atoms with van der Waals surface area (Å²) in [5.41, 5.74) is 1.88. The van der Waals surface area contributed by atoms with Gasteiger partial charge in [-0.05, 0) is 56.8 Å². The molecule has 5 heteroatoms. The molecule has 2 atom stereocenters. The molecule has 2 unspecified atom stereocenters. The third-order valence-corrected chi connectivity index (χ3v) is 5.85. The molecule has 0 bridgehead atoms. The molecule has 2 aliphatic rings. The first kappa shape index (κ1) is 18.9. The number of benzene rings is 1. The van der Waals surface area contributed by atoms with Gasteiger partial charge in [-0.25, -0.2) is 0 Å². The number of hydrogen-bond acceptors (Lipinski definition) is 3. The lowest BCUT2D eigenvalue weighted by Crippen LogP contribution is -2.51. The van der Waals surface area contributed by atoms with Crippen LogP contribution in [0.1, 0.15) is 42.1 Å². The minimum Gasteiger partial charge on any atom is -0.339 e. The summed E-state index contributed by atoms with van der Waals surface area (Å²) in [5.74, 6) is 1.34. The topological polar surface area (TPSA) is 52.7 Å². The van der Waals surface area contributed by atoms with Gasteiger partial charge in [0.05, 0.1) is 0 Å². The molecule has 5 nitrogen and oxygen atoms in total. The molecule has 0 saturated carbocycles. The number of hydrogen-bond donors (Lipinski definition) is 1. The zero-order valence-corrected chi connectivity index (χ0v) is 16.0. The second-order valence-corrected chi connectivity index (χ2v) is 7.83. The van der Waals surface area contributed by atoms with E-state index < -0.39 is 0 Å². The smallest absolute Gasteiger partial charge is 0.253 e. The predicted octanol–water partition coefficient (Wildman–Crippen LogP) is 2.31. The van der Waals surface area contributed by atoms with Gasteiger partial charge in [-0.3, -0.25) is 9.59 Å². The van der Waals surface area contributed by atoms with Crippen LogP contribution in [0.2, 0.25) is 0 Å². The van der Waals surface area contributed by atoms with Crippen LogP contribution in [0, 0.1) is 18.8 Å². The highest BCUT2D eigenvalue weighted by atomic mass is 16.2. The Balaban J connectivity index is 1.47. The van der Waals surface area contributed by atoms with E-state index in [0.717, 1.165) is 24.2 Å². The lowest BCUT2D eigenvalue weighted by atomic mass is 9.85. The van der Waals surface area contributed by atoms with Gasteiger partial charge in [0.2, 0.25) is 5.91 Å². The van der Waals surface area contributed by atoms with E-state index in [0.29, 0.717) is 44.4 Å². The fourth-order valence-corrected chi connectivity index (χ4v) is 3.97. The van der Waals surface area contributed by atoms with Crippen molar-refractivity contribution in [3.05, 3.63) is 35.4 Å². The Bertz CT molecular complexity index is 615. The second-order valence-electron chi connectivity index (χ2n) is 7.83. The van der Waals surface area contributed by atoms with Crippen molar-refractivity contribution < 1.29 is 9.59 Å². The quantitative estimate of drug-likeness (QED) is 0.900. The first-order valence-electron chi connectivity index (χ1n) is 9.89. The predicted molar refractivity (Wildman–Crippen MR) is 103 cm³/mol. The molecule has 142 valence electrons. The number of piperidine rings is 1. The third-order valence-electron chi connectivity index (χ3n) is 5.85. The molecule has 0 radical (unpaired) electrons.